The lowest BCUT2D eigenvalue weighted by Crippen LogP contribution is -2.49. The number of aromatic nitrogens is 4. The first-order valence-electron chi connectivity index (χ1n) is 9.76. The van der Waals surface area contributed by atoms with Gasteiger partial charge in [-0.2, -0.15) is 15.0 Å². The monoisotopic (exact) mass is 485 g/mol. The fourth-order valence-corrected chi connectivity index (χ4v) is 3.98. The zero-order valence-electron chi connectivity index (χ0n) is 16.7. The zero-order valence-corrected chi connectivity index (χ0v) is 18.3. The fraction of sp³-hybridized carbons (Fsp3) is 0.286. The summed E-state index contributed by atoms with van der Waals surface area (Å²) in [4.78, 5) is 32.1. The summed E-state index contributed by atoms with van der Waals surface area (Å²) in [5, 5.41) is 17.6. The van der Waals surface area contributed by atoms with E-state index in [1.807, 2.05) is 19.1 Å². The number of amides is 1. The molecule has 1 aliphatic rings. The SMILES string of the molecule is C[C@@H]1CC[C@@H](Oc2cc(C(=O)O)c(Br)cn2)CN1C(=O)c1ccccc1-n1nccn1. The van der Waals surface area contributed by atoms with Crippen molar-refractivity contribution in [3.05, 3.63) is 64.5 Å². The van der Waals surface area contributed by atoms with Gasteiger partial charge in [0.15, 0.2) is 0 Å². The van der Waals surface area contributed by atoms with Crippen LogP contribution in [-0.4, -0.2) is 60.6 Å². The molecule has 1 aromatic carbocycles. The number of nitrogens with zero attached hydrogens (tertiary/aromatic N) is 5. The van der Waals surface area contributed by atoms with E-state index in [1.54, 1.807) is 29.4 Å². The van der Waals surface area contributed by atoms with Crippen molar-refractivity contribution in [3.63, 3.8) is 0 Å². The lowest BCUT2D eigenvalue weighted by Gasteiger charge is -2.38. The molecule has 9 nitrogen and oxygen atoms in total. The summed E-state index contributed by atoms with van der Waals surface area (Å²) < 4.78 is 6.33. The summed E-state index contributed by atoms with van der Waals surface area (Å²) in [6.45, 7) is 2.37. The lowest BCUT2D eigenvalue weighted by molar-refractivity contribution is 0.0372. The highest BCUT2D eigenvalue weighted by molar-refractivity contribution is 9.10. The molecule has 2 aromatic heterocycles. The maximum Gasteiger partial charge on any atom is 0.337 e. The first-order chi connectivity index (χ1) is 14.9. The number of carbonyl (C=O) groups excluding carboxylic acids is 1. The number of carboxylic acid groups (broad SMARTS) is 1. The number of hydrogen-bond acceptors (Lipinski definition) is 6. The predicted octanol–water partition coefficient (Wildman–Crippen LogP) is 3.20. The molecule has 1 aliphatic heterocycles. The molecule has 160 valence electrons. The van der Waals surface area contributed by atoms with Gasteiger partial charge in [0.1, 0.15) is 6.10 Å². The Morgan fingerprint density at radius 2 is 1.90 bits per heavy atom. The van der Waals surface area contributed by atoms with E-state index in [-0.39, 0.29) is 29.5 Å². The molecule has 4 rings (SSSR count). The molecule has 10 heteroatoms. The minimum absolute atomic E-state index is 0.0263. The molecule has 2 atom stereocenters. The van der Waals surface area contributed by atoms with Crippen molar-refractivity contribution in [2.45, 2.75) is 31.9 Å². The fourth-order valence-electron chi connectivity index (χ4n) is 3.60. The summed E-state index contributed by atoms with van der Waals surface area (Å²) in [5.74, 6) is -0.991. The lowest BCUT2D eigenvalue weighted by atomic mass is 9.99. The van der Waals surface area contributed by atoms with Crippen molar-refractivity contribution in [1.82, 2.24) is 24.9 Å². The van der Waals surface area contributed by atoms with Crippen LogP contribution in [-0.2, 0) is 0 Å². The highest BCUT2D eigenvalue weighted by atomic mass is 79.9. The third-order valence-corrected chi connectivity index (χ3v) is 5.85. The van der Waals surface area contributed by atoms with Gasteiger partial charge in [-0.1, -0.05) is 12.1 Å². The number of halogens is 1. The number of para-hydroxylation sites is 1. The molecule has 0 unspecified atom stereocenters. The number of ether oxygens (including phenoxy) is 1. The Labute approximate surface area is 186 Å². The maximum atomic E-state index is 13.4. The van der Waals surface area contributed by atoms with Gasteiger partial charge in [-0.05, 0) is 47.8 Å². The van der Waals surface area contributed by atoms with E-state index in [4.69, 9.17) is 4.74 Å². The van der Waals surface area contributed by atoms with Crippen molar-refractivity contribution in [1.29, 1.82) is 0 Å². The van der Waals surface area contributed by atoms with E-state index in [1.165, 1.54) is 17.1 Å². The van der Waals surface area contributed by atoms with Crippen LogP contribution in [0.2, 0.25) is 0 Å². The van der Waals surface area contributed by atoms with Gasteiger partial charge in [0.25, 0.3) is 5.91 Å². The standard InChI is InChI=1S/C21H20BrN5O4/c1-13-6-7-14(31-19-10-16(21(29)30)17(22)11-23-19)12-26(13)20(28)15-4-2-3-5-18(15)27-24-8-9-25-27/h2-5,8-11,13-14H,6-7,12H2,1H3,(H,29,30)/t13-,14-/m1/s1. The maximum absolute atomic E-state index is 13.4. The number of benzene rings is 1. The van der Waals surface area contributed by atoms with Gasteiger partial charge in [-0.15, -0.1) is 0 Å². The van der Waals surface area contributed by atoms with Crippen LogP contribution in [0, 0.1) is 0 Å². The van der Waals surface area contributed by atoms with Crippen molar-refractivity contribution in [2.24, 2.45) is 0 Å². The second-order valence-corrected chi connectivity index (χ2v) is 8.12. The summed E-state index contributed by atoms with van der Waals surface area (Å²) in [7, 11) is 0. The molecule has 0 saturated carbocycles. The summed E-state index contributed by atoms with van der Waals surface area (Å²) in [5.41, 5.74) is 1.18. The number of piperidine rings is 1. The Morgan fingerprint density at radius 1 is 1.16 bits per heavy atom. The van der Waals surface area contributed by atoms with E-state index in [0.717, 1.165) is 12.8 Å². The molecule has 1 fully saturated rings. The first-order valence-corrected chi connectivity index (χ1v) is 10.6. The third kappa shape index (κ3) is 4.43. The quantitative estimate of drug-likeness (QED) is 0.590. The molecule has 1 saturated heterocycles. The first kappa shape index (κ1) is 21.0. The second kappa shape index (κ2) is 8.84. The van der Waals surface area contributed by atoms with Gasteiger partial charge in [0.2, 0.25) is 5.88 Å². The largest absolute Gasteiger partial charge is 0.478 e. The average molecular weight is 486 g/mol. The summed E-state index contributed by atoms with van der Waals surface area (Å²) in [6.07, 6.45) is 5.70. The number of likely N-dealkylation sites (tertiary alicyclic amines) is 1. The summed E-state index contributed by atoms with van der Waals surface area (Å²) in [6, 6.07) is 8.61. The number of aromatic carboxylic acids is 1. The molecule has 3 aromatic rings. The number of carboxylic acids is 1. The van der Waals surface area contributed by atoms with Gasteiger partial charge < -0.3 is 14.7 Å². The van der Waals surface area contributed by atoms with Crippen LogP contribution >= 0.6 is 15.9 Å². The van der Waals surface area contributed by atoms with Gasteiger partial charge in [0.05, 0.1) is 40.2 Å². The van der Waals surface area contributed by atoms with Crippen molar-refractivity contribution >= 4 is 27.8 Å². The van der Waals surface area contributed by atoms with Gasteiger partial charge in [0, 0.05) is 18.3 Å². The molecule has 3 heterocycles. The van der Waals surface area contributed by atoms with Crippen LogP contribution in [0.25, 0.3) is 5.69 Å². The molecule has 1 amide bonds. The number of rotatable bonds is 5. The van der Waals surface area contributed by atoms with Gasteiger partial charge in [-0.3, -0.25) is 4.79 Å². The molecular weight excluding hydrogens is 466 g/mol. The predicted molar refractivity (Wildman–Crippen MR) is 114 cm³/mol. The van der Waals surface area contributed by atoms with Crippen LogP contribution in [0.1, 0.15) is 40.5 Å². The van der Waals surface area contributed by atoms with Crippen molar-refractivity contribution in [3.8, 4) is 11.6 Å². The van der Waals surface area contributed by atoms with Crippen LogP contribution in [0.3, 0.4) is 0 Å². The van der Waals surface area contributed by atoms with Crippen LogP contribution in [0.5, 0.6) is 5.88 Å². The third-order valence-electron chi connectivity index (χ3n) is 5.22. The molecule has 1 N–H and O–H groups in total. The number of hydrogen-bond donors (Lipinski definition) is 1. The zero-order chi connectivity index (χ0) is 22.0. The van der Waals surface area contributed by atoms with E-state index in [0.29, 0.717) is 22.3 Å². The van der Waals surface area contributed by atoms with Crippen molar-refractivity contribution in [2.75, 3.05) is 6.54 Å². The van der Waals surface area contributed by atoms with Gasteiger partial charge in [-0.25, -0.2) is 9.78 Å². The highest BCUT2D eigenvalue weighted by Crippen LogP contribution is 2.26. The molecule has 0 radical (unpaired) electrons. The van der Waals surface area contributed by atoms with Crippen LogP contribution in [0.15, 0.2) is 53.4 Å². The topological polar surface area (TPSA) is 110 Å². The Balaban J connectivity index is 1.55. The average Bonchev–Trinajstić information content (AvgIpc) is 3.30. The molecule has 0 bridgehead atoms. The van der Waals surface area contributed by atoms with Crippen LogP contribution in [0.4, 0.5) is 0 Å². The van der Waals surface area contributed by atoms with E-state index < -0.39 is 5.97 Å². The number of carbonyl (C=O) groups is 2. The summed E-state index contributed by atoms with van der Waals surface area (Å²) >= 11 is 3.18. The Hall–Kier alpha value is -3.27. The molecular formula is C21H20BrN5O4. The minimum atomic E-state index is -1.07. The molecule has 0 aliphatic carbocycles. The van der Waals surface area contributed by atoms with Gasteiger partial charge >= 0.3 is 5.97 Å². The Bertz CT molecular complexity index is 1100. The highest BCUT2D eigenvalue weighted by Gasteiger charge is 2.32. The van der Waals surface area contributed by atoms with E-state index in [9.17, 15) is 14.7 Å². The normalized spacial score (nSPS) is 18.6. The molecule has 31 heavy (non-hydrogen) atoms. The van der Waals surface area contributed by atoms with E-state index in [2.05, 4.69) is 31.1 Å². The minimum Gasteiger partial charge on any atom is -0.478 e. The van der Waals surface area contributed by atoms with Crippen LogP contribution < -0.4 is 4.74 Å². The van der Waals surface area contributed by atoms with E-state index >= 15 is 0 Å². The molecule has 0 spiro atoms. The second-order valence-electron chi connectivity index (χ2n) is 7.27. The Morgan fingerprint density at radius 3 is 2.65 bits per heavy atom. The van der Waals surface area contributed by atoms with Crippen molar-refractivity contribution < 1.29 is 19.4 Å². The number of pyridine rings is 1. The smallest absolute Gasteiger partial charge is 0.337 e. The Kier molecular flexibility index (Phi) is 5.99.